The molecule has 2 rings (SSSR count). The van der Waals surface area contributed by atoms with Gasteiger partial charge in [0.1, 0.15) is 25.3 Å². The molecular weight excluding hydrogens is 272 g/mol. The third kappa shape index (κ3) is 4.68. The van der Waals surface area contributed by atoms with E-state index in [9.17, 15) is 10.1 Å². The van der Waals surface area contributed by atoms with Gasteiger partial charge in [-0.05, 0) is 19.9 Å². The van der Waals surface area contributed by atoms with Crippen LogP contribution in [0.25, 0.3) is 0 Å². The van der Waals surface area contributed by atoms with Crippen molar-refractivity contribution < 1.29 is 19.3 Å². The molecular formula is C15H23N2O4+. The third-order valence-electron chi connectivity index (χ3n) is 3.61. The van der Waals surface area contributed by atoms with E-state index in [-0.39, 0.29) is 5.69 Å². The molecule has 1 aromatic carbocycles. The summed E-state index contributed by atoms with van der Waals surface area (Å²) in [6.07, 6.45) is 1.46. The molecule has 0 unspecified atom stereocenters. The zero-order chi connectivity index (χ0) is 15.2. The average molecular weight is 295 g/mol. The first-order chi connectivity index (χ1) is 10.1. The van der Waals surface area contributed by atoms with Gasteiger partial charge in [0.05, 0.1) is 18.1 Å². The monoisotopic (exact) mass is 295 g/mol. The van der Waals surface area contributed by atoms with E-state index >= 15 is 0 Å². The highest BCUT2D eigenvalue weighted by Crippen LogP contribution is 2.25. The van der Waals surface area contributed by atoms with Crippen LogP contribution in [0.3, 0.4) is 0 Å². The molecule has 0 spiro atoms. The lowest BCUT2D eigenvalue weighted by molar-refractivity contribution is -0.915. The molecule has 1 N–H and O–H groups in total. The fourth-order valence-corrected chi connectivity index (χ4v) is 2.83. The lowest BCUT2D eigenvalue weighted by Gasteiger charge is -2.32. The molecule has 1 aliphatic rings. The Morgan fingerprint density at radius 3 is 2.67 bits per heavy atom. The van der Waals surface area contributed by atoms with Gasteiger partial charge in [0, 0.05) is 12.5 Å². The Morgan fingerprint density at radius 2 is 2.00 bits per heavy atom. The van der Waals surface area contributed by atoms with Gasteiger partial charge in [-0.15, -0.1) is 0 Å². The smallest absolute Gasteiger partial charge is 0.310 e. The van der Waals surface area contributed by atoms with Crippen molar-refractivity contribution in [1.29, 1.82) is 0 Å². The van der Waals surface area contributed by atoms with Crippen LogP contribution in [0.4, 0.5) is 5.69 Å². The summed E-state index contributed by atoms with van der Waals surface area (Å²) in [5.74, 6) is 0.348. The first-order valence-corrected chi connectivity index (χ1v) is 7.41. The Hall–Kier alpha value is -1.66. The second kappa shape index (κ2) is 7.38. The van der Waals surface area contributed by atoms with Gasteiger partial charge in [0.25, 0.3) is 0 Å². The van der Waals surface area contributed by atoms with Crippen molar-refractivity contribution in [1.82, 2.24) is 0 Å². The van der Waals surface area contributed by atoms with Gasteiger partial charge in [-0.2, -0.15) is 0 Å². The zero-order valence-corrected chi connectivity index (χ0v) is 12.6. The van der Waals surface area contributed by atoms with Crippen LogP contribution in [0, 0.1) is 10.1 Å². The molecule has 0 saturated carbocycles. The fourth-order valence-electron chi connectivity index (χ4n) is 2.83. The van der Waals surface area contributed by atoms with E-state index < -0.39 is 4.92 Å². The topological polar surface area (TPSA) is 66.0 Å². The Bertz CT molecular complexity index is 470. The van der Waals surface area contributed by atoms with Gasteiger partial charge in [0.15, 0.2) is 5.75 Å². The molecule has 0 bridgehead atoms. The van der Waals surface area contributed by atoms with Crippen molar-refractivity contribution in [3.05, 3.63) is 34.4 Å². The number of nitrogens with one attached hydrogen (secondary N) is 1. The third-order valence-corrected chi connectivity index (χ3v) is 3.61. The number of hydrogen-bond donors (Lipinski definition) is 1. The van der Waals surface area contributed by atoms with E-state index in [2.05, 4.69) is 13.8 Å². The number of nitro groups is 1. The molecule has 6 nitrogen and oxygen atoms in total. The van der Waals surface area contributed by atoms with Crippen LogP contribution >= 0.6 is 0 Å². The molecule has 6 heteroatoms. The first-order valence-electron chi connectivity index (χ1n) is 7.41. The number of ether oxygens (including phenoxy) is 2. The summed E-state index contributed by atoms with van der Waals surface area (Å²) in [4.78, 5) is 12.0. The minimum absolute atomic E-state index is 0.0264. The summed E-state index contributed by atoms with van der Waals surface area (Å²) < 4.78 is 11.3. The van der Waals surface area contributed by atoms with Crippen LogP contribution in [-0.2, 0) is 4.74 Å². The highest BCUT2D eigenvalue weighted by Gasteiger charge is 2.25. The van der Waals surface area contributed by atoms with Crippen LogP contribution < -0.4 is 9.64 Å². The summed E-state index contributed by atoms with van der Waals surface area (Å²) in [6, 6.07) is 6.50. The van der Waals surface area contributed by atoms with Crippen molar-refractivity contribution >= 4 is 5.69 Å². The summed E-state index contributed by atoms with van der Waals surface area (Å²) in [5, 5.41) is 10.9. The number of morpholine rings is 1. The van der Waals surface area contributed by atoms with Crippen molar-refractivity contribution in [3.8, 4) is 5.75 Å². The lowest BCUT2D eigenvalue weighted by atomic mass is 10.2. The molecule has 1 heterocycles. The van der Waals surface area contributed by atoms with E-state index in [0.717, 1.165) is 26.1 Å². The predicted molar refractivity (Wildman–Crippen MR) is 78.8 cm³/mol. The van der Waals surface area contributed by atoms with Crippen LogP contribution in [0.2, 0.25) is 0 Å². The van der Waals surface area contributed by atoms with E-state index in [1.807, 2.05) is 0 Å². The summed E-state index contributed by atoms with van der Waals surface area (Å²) in [6.45, 7) is 7.71. The van der Waals surface area contributed by atoms with Crippen LogP contribution in [-0.4, -0.2) is 43.4 Å². The minimum Gasteiger partial charge on any atom is -0.487 e. The SMILES string of the molecule is C[C@H]1C[NH+](CCCOc2ccccc2[N+](=O)[O-])C[C@H](C)O1. The number of rotatable bonds is 6. The number of para-hydroxylation sites is 2. The second-order valence-corrected chi connectivity index (χ2v) is 5.59. The maximum atomic E-state index is 10.9. The molecule has 21 heavy (non-hydrogen) atoms. The van der Waals surface area contributed by atoms with Gasteiger partial charge in [0.2, 0.25) is 0 Å². The first kappa shape index (κ1) is 15.7. The summed E-state index contributed by atoms with van der Waals surface area (Å²) >= 11 is 0. The minimum atomic E-state index is -0.411. The second-order valence-electron chi connectivity index (χ2n) is 5.59. The van der Waals surface area contributed by atoms with Gasteiger partial charge in [-0.3, -0.25) is 10.1 Å². The molecule has 2 atom stereocenters. The van der Waals surface area contributed by atoms with E-state index in [1.165, 1.54) is 11.0 Å². The van der Waals surface area contributed by atoms with Gasteiger partial charge < -0.3 is 14.4 Å². The summed E-state index contributed by atoms with van der Waals surface area (Å²) in [7, 11) is 0. The van der Waals surface area contributed by atoms with Crippen molar-refractivity contribution in [3.63, 3.8) is 0 Å². The highest BCUT2D eigenvalue weighted by molar-refractivity contribution is 5.45. The van der Waals surface area contributed by atoms with Gasteiger partial charge in [-0.25, -0.2) is 0 Å². The molecule has 1 aromatic rings. The van der Waals surface area contributed by atoms with Crippen LogP contribution in [0.1, 0.15) is 20.3 Å². The normalized spacial score (nSPS) is 25.5. The number of nitro benzene ring substituents is 1. The number of nitrogens with zero attached hydrogens (tertiary/aromatic N) is 1. The maximum absolute atomic E-state index is 10.9. The largest absolute Gasteiger partial charge is 0.487 e. The Labute approximate surface area is 124 Å². The van der Waals surface area contributed by atoms with E-state index in [4.69, 9.17) is 9.47 Å². The number of benzene rings is 1. The number of hydrogen-bond acceptors (Lipinski definition) is 4. The quantitative estimate of drug-likeness (QED) is 0.484. The molecule has 1 aliphatic heterocycles. The van der Waals surface area contributed by atoms with Crippen molar-refractivity contribution in [2.75, 3.05) is 26.2 Å². The van der Waals surface area contributed by atoms with Crippen molar-refractivity contribution in [2.24, 2.45) is 0 Å². The lowest BCUT2D eigenvalue weighted by Crippen LogP contribution is -3.15. The van der Waals surface area contributed by atoms with Gasteiger partial charge in [-0.1, -0.05) is 12.1 Å². The molecule has 0 aromatic heterocycles. The molecule has 116 valence electrons. The van der Waals surface area contributed by atoms with Crippen molar-refractivity contribution in [2.45, 2.75) is 32.5 Å². The van der Waals surface area contributed by atoms with Crippen LogP contribution in [0.15, 0.2) is 24.3 Å². The number of quaternary nitrogens is 1. The van der Waals surface area contributed by atoms with Crippen LogP contribution in [0.5, 0.6) is 5.75 Å². The molecule has 0 amide bonds. The predicted octanol–water partition coefficient (Wildman–Crippen LogP) is 1.06. The maximum Gasteiger partial charge on any atom is 0.310 e. The Kier molecular flexibility index (Phi) is 5.52. The fraction of sp³-hybridized carbons (Fsp3) is 0.600. The molecule has 1 saturated heterocycles. The zero-order valence-electron chi connectivity index (χ0n) is 12.6. The van der Waals surface area contributed by atoms with E-state index in [0.29, 0.717) is 24.6 Å². The van der Waals surface area contributed by atoms with E-state index in [1.54, 1.807) is 18.2 Å². The Balaban J connectivity index is 1.76. The average Bonchev–Trinajstić information content (AvgIpc) is 2.43. The molecule has 0 aliphatic carbocycles. The highest BCUT2D eigenvalue weighted by atomic mass is 16.6. The molecule has 0 radical (unpaired) electrons. The summed E-state index contributed by atoms with van der Waals surface area (Å²) in [5.41, 5.74) is 0.0264. The standard InChI is InChI=1S/C15H22N2O4/c1-12-10-16(11-13(2)21-12)8-5-9-20-15-7-4-3-6-14(15)17(18)19/h3-4,6-7,12-13H,5,8-11H2,1-2H3/p+1/t12-,13-/m0/s1. The van der Waals surface area contributed by atoms with Gasteiger partial charge >= 0.3 is 5.69 Å². The molecule has 1 fully saturated rings. The Morgan fingerprint density at radius 1 is 1.33 bits per heavy atom.